The van der Waals surface area contributed by atoms with E-state index < -0.39 is 0 Å². The number of methoxy groups -OCH3 is 2. The lowest BCUT2D eigenvalue weighted by Crippen LogP contribution is -2.36. The summed E-state index contributed by atoms with van der Waals surface area (Å²) in [5, 5.41) is 0. The molecule has 1 amide bonds. The molecule has 0 saturated heterocycles. The zero-order chi connectivity index (χ0) is 19.1. The first kappa shape index (κ1) is 22.6. The largest absolute Gasteiger partial charge is 0.493 e. The van der Waals surface area contributed by atoms with Crippen LogP contribution < -0.4 is 15.2 Å². The molecule has 0 heterocycles. The molecule has 0 aliphatic heterocycles. The van der Waals surface area contributed by atoms with E-state index in [0.29, 0.717) is 41.8 Å². The van der Waals surface area contributed by atoms with E-state index >= 15 is 0 Å². The van der Waals surface area contributed by atoms with Crippen LogP contribution in [0.4, 0.5) is 5.69 Å². The Bertz CT molecular complexity index is 750. The summed E-state index contributed by atoms with van der Waals surface area (Å²) in [5.74, 6) is 1.78. The Balaban J connectivity index is 0.00000364. The van der Waals surface area contributed by atoms with Crippen molar-refractivity contribution >= 4 is 24.0 Å². The molecule has 6 heteroatoms. The molecule has 0 fully saturated rings. The fourth-order valence-corrected chi connectivity index (χ4v) is 2.87. The number of anilines is 1. The Kier molecular flexibility index (Phi) is 8.95. The number of carbonyl (C=O) groups excluding carboxylic acids is 1. The van der Waals surface area contributed by atoms with Gasteiger partial charge >= 0.3 is 0 Å². The van der Waals surface area contributed by atoms with Gasteiger partial charge in [-0.3, -0.25) is 4.79 Å². The normalized spacial score (nSPS) is 10.3. The van der Waals surface area contributed by atoms with E-state index in [2.05, 4.69) is 13.8 Å². The van der Waals surface area contributed by atoms with E-state index in [1.165, 1.54) is 0 Å². The predicted octanol–water partition coefficient (Wildman–Crippen LogP) is 4.05. The third kappa shape index (κ3) is 6.36. The molecule has 148 valence electrons. The molecule has 27 heavy (non-hydrogen) atoms. The molecule has 2 rings (SSSR count). The third-order valence-electron chi connectivity index (χ3n) is 4.12. The summed E-state index contributed by atoms with van der Waals surface area (Å²) in [5.41, 5.74) is 8.14. The summed E-state index contributed by atoms with van der Waals surface area (Å²) in [7, 11) is 3.24. The molecule has 0 atom stereocenters. The van der Waals surface area contributed by atoms with E-state index in [-0.39, 0.29) is 18.3 Å². The van der Waals surface area contributed by atoms with Crippen molar-refractivity contribution in [2.45, 2.75) is 20.3 Å². The lowest BCUT2D eigenvalue weighted by atomic mass is 10.1. The van der Waals surface area contributed by atoms with Gasteiger partial charge < -0.3 is 20.1 Å². The SMILES string of the molecule is COc1ccc(CCN(CC(C)C)C(=O)c2cccc(N)c2)cc1OC.Cl. The fourth-order valence-electron chi connectivity index (χ4n) is 2.87. The molecule has 0 saturated carbocycles. The van der Waals surface area contributed by atoms with Gasteiger partial charge in [0.2, 0.25) is 0 Å². The first-order chi connectivity index (χ1) is 12.4. The summed E-state index contributed by atoms with van der Waals surface area (Å²) in [6.45, 7) is 5.54. The highest BCUT2D eigenvalue weighted by atomic mass is 35.5. The standard InChI is InChI=1S/C21H28N2O3.ClH/c1-15(2)14-23(21(24)17-6-5-7-18(22)13-17)11-10-16-8-9-19(25-3)20(12-16)26-4;/h5-9,12-13,15H,10-11,14,22H2,1-4H3;1H. The van der Waals surface area contributed by atoms with Gasteiger partial charge in [-0.1, -0.05) is 26.0 Å². The number of rotatable bonds is 8. The summed E-state index contributed by atoms with van der Waals surface area (Å²) in [6, 6.07) is 13.0. The highest BCUT2D eigenvalue weighted by molar-refractivity contribution is 5.95. The Labute approximate surface area is 167 Å². The number of halogens is 1. The quantitative estimate of drug-likeness (QED) is 0.688. The molecule has 0 unspecified atom stereocenters. The molecule has 0 aliphatic carbocycles. The van der Waals surface area contributed by atoms with E-state index in [0.717, 1.165) is 12.0 Å². The lowest BCUT2D eigenvalue weighted by Gasteiger charge is -2.25. The van der Waals surface area contributed by atoms with Crippen LogP contribution in [0.5, 0.6) is 11.5 Å². The average Bonchev–Trinajstić information content (AvgIpc) is 2.63. The minimum absolute atomic E-state index is 0. The number of amides is 1. The van der Waals surface area contributed by atoms with Crippen LogP contribution in [0.2, 0.25) is 0 Å². The van der Waals surface area contributed by atoms with Crippen LogP contribution in [0.15, 0.2) is 42.5 Å². The van der Waals surface area contributed by atoms with Crippen LogP contribution in [0, 0.1) is 5.92 Å². The number of ether oxygens (including phenoxy) is 2. The van der Waals surface area contributed by atoms with Crippen LogP contribution in [-0.4, -0.2) is 38.1 Å². The first-order valence-corrected chi connectivity index (χ1v) is 8.80. The van der Waals surface area contributed by atoms with Gasteiger partial charge in [-0.25, -0.2) is 0 Å². The maximum Gasteiger partial charge on any atom is 0.253 e. The second-order valence-corrected chi connectivity index (χ2v) is 6.71. The van der Waals surface area contributed by atoms with Crippen molar-refractivity contribution in [3.05, 3.63) is 53.6 Å². The molecule has 2 N–H and O–H groups in total. The number of benzene rings is 2. The topological polar surface area (TPSA) is 64.8 Å². The van der Waals surface area contributed by atoms with Gasteiger partial charge in [0.15, 0.2) is 11.5 Å². The van der Waals surface area contributed by atoms with Gasteiger partial charge in [0.25, 0.3) is 5.91 Å². The van der Waals surface area contributed by atoms with Gasteiger partial charge in [0.1, 0.15) is 0 Å². The van der Waals surface area contributed by atoms with Crippen molar-refractivity contribution in [3.8, 4) is 11.5 Å². The number of nitrogens with zero attached hydrogens (tertiary/aromatic N) is 1. The molecular weight excluding hydrogens is 364 g/mol. The Hall–Kier alpha value is -2.40. The van der Waals surface area contributed by atoms with Crippen molar-refractivity contribution in [2.24, 2.45) is 5.92 Å². The molecule has 0 radical (unpaired) electrons. The van der Waals surface area contributed by atoms with Gasteiger partial charge in [-0.15, -0.1) is 12.4 Å². The first-order valence-electron chi connectivity index (χ1n) is 8.80. The zero-order valence-corrected chi connectivity index (χ0v) is 17.2. The number of hydrogen-bond donors (Lipinski definition) is 1. The molecule has 2 aromatic rings. The predicted molar refractivity (Wildman–Crippen MR) is 112 cm³/mol. The monoisotopic (exact) mass is 392 g/mol. The van der Waals surface area contributed by atoms with Crippen molar-refractivity contribution in [1.29, 1.82) is 0 Å². The smallest absolute Gasteiger partial charge is 0.253 e. The molecular formula is C21H29ClN2O3. The number of nitrogen functional groups attached to an aromatic ring is 1. The van der Waals surface area contributed by atoms with Crippen LogP contribution in [0.25, 0.3) is 0 Å². The van der Waals surface area contributed by atoms with E-state index in [9.17, 15) is 4.79 Å². The third-order valence-corrected chi connectivity index (χ3v) is 4.12. The highest BCUT2D eigenvalue weighted by Gasteiger charge is 2.17. The highest BCUT2D eigenvalue weighted by Crippen LogP contribution is 2.27. The molecule has 5 nitrogen and oxygen atoms in total. The maximum atomic E-state index is 12.9. The molecule has 0 aromatic heterocycles. The maximum absolute atomic E-state index is 12.9. The van der Waals surface area contributed by atoms with E-state index in [1.807, 2.05) is 35.2 Å². The lowest BCUT2D eigenvalue weighted by molar-refractivity contribution is 0.0738. The Morgan fingerprint density at radius 3 is 2.37 bits per heavy atom. The number of nitrogens with two attached hydrogens (primary N) is 1. The van der Waals surface area contributed by atoms with Gasteiger partial charge in [-0.2, -0.15) is 0 Å². The summed E-state index contributed by atoms with van der Waals surface area (Å²) in [4.78, 5) is 14.8. The van der Waals surface area contributed by atoms with Crippen LogP contribution in [0.3, 0.4) is 0 Å². The second kappa shape index (κ2) is 10.7. The average molecular weight is 393 g/mol. The summed E-state index contributed by atoms with van der Waals surface area (Å²) in [6.07, 6.45) is 0.737. The van der Waals surface area contributed by atoms with Crippen LogP contribution in [-0.2, 0) is 6.42 Å². The van der Waals surface area contributed by atoms with Crippen molar-refractivity contribution in [1.82, 2.24) is 4.90 Å². The molecule has 0 bridgehead atoms. The van der Waals surface area contributed by atoms with Crippen molar-refractivity contribution in [3.63, 3.8) is 0 Å². The second-order valence-electron chi connectivity index (χ2n) is 6.71. The molecule has 0 aliphatic rings. The Morgan fingerprint density at radius 2 is 1.78 bits per heavy atom. The minimum atomic E-state index is 0. The zero-order valence-electron chi connectivity index (χ0n) is 16.4. The van der Waals surface area contributed by atoms with Crippen molar-refractivity contribution < 1.29 is 14.3 Å². The van der Waals surface area contributed by atoms with Gasteiger partial charge in [-0.05, 0) is 48.2 Å². The van der Waals surface area contributed by atoms with Crippen molar-refractivity contribution in [2.75, 3.05) is 33.0 Å². The minimum Gasteiger partial charge on any atom is -0.493 e. The molecule has 0 spiro atoms. The fraction of sp³-hybridized carbons (Fsp3) is 0.381. The number of carbonyl (C=O) groups is 1. The van der Waals surface area contributed by atoms with Crippen LogP contribution in [0.1, 0.15) is 29.8 Å². The molecule has 2 aromatic carbocycles. The van der Waals surface area contributed by atoms with Gasteiger partial charge in [0.05, 0.1) is 14.2 Å². The van der Waals surface area contributed by atoms with E-state index in [4.69, 9.17) is 15.2 Å². The van der Waals surface area contributed by atoms with Crippen LogP contribution >= 0.6 is 12.4 Å². The Morgan fingerprint density at radius 1 is 1.07 bits per heavy atom. The van der Waals surface area contributed by atoms with Gasteiger partial charge in [0, 0.05) is 24.3 Å². The summed E-state index contributed by atoms with van der Waals surface area (Å²) >= 11 is 0. The van der Waals surface area contributed by atoms with E-state index in [1.54, 1.807) is 26.4 Å². The number of hydrogen-bond acceptors (Lipinski definition) is 4. The summed E-state index contributed by atoms with van der Waals surface area (Å²) < 4.78 is 10.6.